The summed E-state index contributed by atoms with van der Waals surface area (Å²) >= 11 is 1.79. The van der Waals surface area contributed by atoms with E-state index >= 15 is 0 Å². The molecule has 0 bridgehead atoms. The van der Waals surface area contributed by atoms with Gasteiger partial charge in [0.15, 0.2) is 0 Å². The first-order valence-electron chi connectivity index (χ1n) is 9.53. The fourth-order valence-electron chi connectivity index (χ4n) is 3.54. The Morgan fingerprint density at radius 1 is 1.14 bits per heavy atom. The molecule has 1 saturated heterocycles. The number of thiophene rings is 1. The number of nitrogens with zero attached hydrogens (tertiary/aromatic N) is 4. The summed E-state index contributed by atoms with van der Waals surface area (Å²) in [6, 6.07) is 14.0. The number of urea groups is 1. The van der Waals surface area contributed by atoms with Gasteiger partial charge in [0.25, 0.3) is 0 Å². The number of rotatable bonds is 5. The van der Waals surface area contributed by atoms with Crippen molar-refractivity contribution in [2.24, 2.45) is 7.05 Å². The normalized spacial score (nSPS) is 16.1. The molecule has 0 saturated carbocycles. The summed E-state index contributed by atoms with van der Waals surface area (Å²) in [5, 5.41) is 5.31. The number of hydrogen-bond acceptors (Lipinski definition) is 4. The molecule has 0 spiro atoms. The number of aryl methyl sites for hydroxylation is 1. The molecular formula is C21H25N5OS. The van der Waals surface area contributed by atoms with E-state index in [0.29, 0.717) is 0 Å². The lowest BCUT2D eigenvalue weighted by molar-refractivity contribution is 0.134. The van der Waals surface area contributed by atoms with E-state index in [9.17, 15) is 4.79 Å². The summed E-state index contributed by atoms with van der Waals surface area (Å²) in [7, 11) is 1.95. The summed E-state index contributed by atoms with van der Waals surface area (Å²) in [6.07, 6.45) is 3.67. The largest absolute Gasteiger partial charge is 0.336 e. The molecule has 1 aromatic carbocycles. The zero-order chi connectivity index (χ0) is 19.3. The average molecular weight is 396 g/mol. The standard InChI is InChI=1S/C21H25N5OS/c1-24-10-9-22-20(24)19(17-6-3-2-4-7-17)23-21(27)26-13-11-25(12-14-26)16-18-8-5-15-28-18/h2-10,15,19H,11-14,16H2,1H3,(H,23,27). The van der Waals surface area contributed by atoms with Gasteiger partial charge in [-0.1, -0.05) is 36.4 Å². The Morgan fingerprint density at radius 3 is 2.57 bits per heavy atom. The van der Waals surface area contributed by atoms with Crippen molar-refractivity contribution in [2.45, 2.75) is 12.6 Å². The smallest absolute Gasteiger partial charge is 0.318 e. The molecule has 3 heterocycles. The highest BCUT2D eigenvalue weighted by molar-refractivity contribution is 7.09. The molecular weight excluding hydrogens is 370 g/mol. The Hall–Kier alpha value is -2.64. The average Bonchev–Trinajstić information content (AvgIpc) is 3.39. The highest BCUT2D eigenvalue weighted by Gasteiger charge is 2.26. The third kappa shape index (κ3) is 4.26. The van der Waals surface area contributed by atoms with Crippen molar-refractivity contribution in [3.05, 3.63) is 76.5 Å². The van der Waals surface area contributed by atoms with Gasteiger partial charge in [0.1, 0.15) is 11.9 Å². The van der Waals surface area contributed by atoms with Crippen LogP contribution >= 0.6 is 11.3 Å². The Kier molecular flexibility index (Phi) is 5.73. The minimum absolute atomic E-state index is 0.0346. The van der Waals surface area contributed by atoms with E-state index in [1.807, 2.05) is 53.0 Å². The van der Waals surface area contributed by atoms with Crippen LogP contribution in [0.4, 0.5) is 4.79 Å². The molecule has 2 amide bonds. The number of piperazine rings is 1. The van der Waals surface area contributed by atoms with Gasteiger partial charge in [-0.3, -0.25) is 4.90 Å². The molecule has 1 unspecified atom stereocenters. The molecule has 6 nitrogen and oxygen atoms in total. The predicted molar refractivity (Wildman–Crippen MR) is 111 cm³/mol. The SMILES string of the molecule is Cn1ccnc1C(NC(=O)N1CCN(Cc2cccs2)CC1)c1ccccc1. The van der Waals surface area contributed by atoms with Crippen molar-refractivity contribution in [1.82, 2.24) is 24.7 Å². The second-order valence-electron chi connectivity index (χ2n) is 7.03. The van der Waals surface area contributed by atoms with E-state index < -0.39 is 0 Å². The summed E-state index contributed by atoms with van der Waals surface area (Å²) in [5.74, 6) is 0.830. The number of amides is 2. The zero-order valence-electron chi connectivity index (χ0n) is 16.0. The summed E-state index contributed by atoms with van der Waals surface area (Å²) in [5.41, 5.74) is 1.03. The van der Waals surface area contributed by atoms with Gasteiger partial charge in [-0.2, -0.15) is 0 Å². The van der Waals surface area contributed by atoms with Crippen LogP contribution in [0.25, 0.3) is 0 Å². The van der Waals surface area contributed by atoms with Gasteiger partial charge < -0.3 is 14.8 Å². The Balaban J connectivity index is 1.40. The van der Waals surface area contributed by atoms with Gasteiger partial charge in [-0.15, -0.1) is 11.3 Å². The maximum atomic E-state index is 13.0. The molecule has 7 heteroatoms. The summed E-state index contributed by atoms with van der Waals surface area (Å²) in [6.45, 7) is 4.22. The number of hydrogen-bond donors (Lipinski definition) is 1. The molecule has 28 heavy (non-hydrogen) atoms. The predicted octanol–water partition coefficient (Wildman–Crippen LogP) is 3.10. The molecule has 4 rings (SSSR count). The van der Waals surface area contributed by atoms with Crippen molar-refractivity contribution < 1.29 is 4.79 Å². The third-order valence-electron chi connectivity index (χ3n) is 5.14. The lowest BCUT2D eigenvalue weighted by Crippen LogP contribution is -2.52. The molecule has 1 atom stereocenters. The van der Waals surface area contributed by atoms with E-state index in [-0.39, 0.29) is 12.1 Å². The molecule has 0 aliphatic carbocycles. The molecule has 0 radical (unpaired) electrons. The summed E-state index contributed by atoms with van der Waals surface area (Å²) in [4.78, 5) is 23.1. The van der Waals surface area contributed by atoms with Crippen LogP contribution in [0.15, 0.2) is 60.2 Å². The Bertz CT molecular complexity index is 885. The van der Waals surface area contributed by atoms with Gasteiger partial charge in [0, 0.05) is 57.0 Å². The van der Waals surface area contributed by atoms with E-state index in [1.54, 1.807) is 17.5 Å². The van der Waals surface area contributed by atoms with Crippen LogP contribution in [0.5, 0.6) is 0 Å². The monoisotopic (exact) mass is 395 g/mol. The highest BCUT2D eigenvalue weighted by Crippen LogP contribution is 2.21. The number of carbonyl (C=O) groups is 1. The van der Waals surface area contributed by atoms with Gasteiger partial charge in [-0.05, 0) is 17.0 Å². The van der Waals surface area contributed by atoms with E-state index in [4.69, 9.17) is 0 Å². The van der Waals surface area contributed by atoms with Crippen LogP contribution in [0.2, 0.25) is 0 Å². The third-order valence-corrected chi connectivity index (χ3v) is 6.00. The van der Waals surface area contributed by atoms with E-state index in [0.717, 1.165) is 44.1 Å². The van der Waals surface area contributed by atoms with Crippen LogP contribution < -0.4 is 5.32 Å². The molecule has 1 aliphatic heterocycles. The maximum Gasteiger partial charge on any atom is 0.318 e. The van der Waals surface area contributed by atoms with E-state index in [2.05, 4.69) is 32.7 Å². The second-order valence-corrected chi connectivity index (χ2v) is 8.06. The minimum atomic E-state index is -0.266. The first-order valence-corrected chi connectivity index (χ1v) is 10.4. The topological polar surface area (TPSA) is 53.4 Å². The van der Waals surface area contributed by atoms with Gasteiger partial charge in [0.2, 0.25) is 0 Å². The molecule has 1 aliphatic rings. The Labute approximate surface area is 169 Å². The number of aromatic nitrogens is 2. The first-order chi connectivity index (χ1) is 13.7. The first kappa shape index (κ1) is 18.7. The van der Waals surface area contributed by atoms with Crippen LogP contribution in [-0.4, -0.2) is 51.6 Å². The molecule has 1 fully saturated rings. The fourth-order valence-corrected chi connectivity index (χ4v) is 4.29. The van der Waals surface area contributed by atoms with Gasteiger partial charge >= 0.3 is 6.03 Å². The number of carbonyl (C=O) groups excluding carboxylic acids is 1. The molecule has 1 N–H and O–H groups in total. The van der Waals surface area contributed by atoms with Crippen molar-refractivity contribution in [3.8, 4) is 0 Å². The number of nitrogens with one attached hydrogen (secondary N) is 1. The van der Waals surface area contributed by atoms with Crippen molar-refractivity contribution in [2.75, 3.05) is 26.2 Å². The van der Waals surface area contributed by atoms with Crippen LogP contribution in [0.1, 0.15) is 22.3 Å². The Morgan fingerprint density at radius 2 is 1.93 bits per heavy atom. The molecule has 3 aromatic rings. The number of benzene rings is 1. The fraction of sp³-hybridized carbons (Fsp3) is 0.333. The zero-order valence-corrected chi connectivity index (χ0v) is 16.8. The van der Waals surface area contributed by atoms with Gasteiger partial charge in [-0.25, -0.2) is 9.78 Å². The van der Waals surface area contributed by atoms with E-state index in [1.165, 1.54) is 4.88 Å². The molecule has 146 valence electrons. The lowest BCUT2D eigenvalue weighted by atomic mass is 10.1. The minimum Gasteiger partial charge on any atom is -0.336 e. The van der Waals surface area contributed by atoms with Crippen molar-refractivity contribution in [3.63, 3.8) is 0 Å². The van der Waals surface area contributed by atoms with Crippen LogP contribution in [-0.2, 0) is 13.6 Å². The summed E-state index contributed by atoms with van der Waals surface area (Å²) < 4.78 is 1.96. The number of imidazole rings is 1. The highest BCUT2D eigenvalue weighted by atomic mass is 32.1. The quantitative estimate of drug-likeness (QED) is 0.722. The van der Waals surface area contributed by atoms with Crippen LogP contribution in [0, 0.1) is 0 Å². The molecule has 2 aromatic heterocycles. The lowest BCUT2D eigenvalue weighted by Gasteiger charge is -2.35. The van der Waals surface area contributed by atoms with Crippen molar-refractivity contribution in [1.29, 1.82) is 0 Å². The van der Waals surface area contributed by atoms with Crippen molar-refractivity contribution >= 4 is 17.4 Å². The van der Waals surface area contributed by atoms with Crippen LogP contribution in [0.3, 0.4) is 0 Å². The van der Waals surface area contributed by atoms with Gasteiger partial charge in [0.05, 0.1) is 0 Å². The second kappa shape index (κ2) is 8.58. The maximum absolute atomic E-state index is 13.0.